The Morgan fingerprint density at radius 2 is 2.17 bits per heavy atom. The van der Waals surface area contributed by atoms with Crippen LogP contribution in [0.5, 0.6) is 5.88 Å². The molecule has 18 heavy (non-hydrogen) atoms. The molecule has 0 amide bonds. The summed E-state index contributed by atoms with van der Waals surface area (Å²) in [6.07, 6.45) is 1.75. The molecule has 0 aromatic carbocycles. The molecule has 0 aliphatic heterocycles. The van der Waals surface area contributed by atoms with Crippen molar-refractivity contribution in [2.45, 2.75) is 20.0 Å². The number of pyridine rings is 1. The smallest absolute Gasteiger partial charge is 0.213 e. The molecule has 0 fully saturated rings. The third kappa shape index (κ3) is 3.07. The second-order valence-corrected chi connectivity index (χ2v) is 4.21. The fourth-order valence-corrected chi connectivity index (χ4v) is 1.84. The Labute approximate surface area is 107 Å². The highest BCUT2D eigenvalue weighted by Crippen LogP contribution is 2.08. The van der Waals surface area contributed by atoms with Crippen molar-refractivity contribution in [2.75, 3.05) is 7.11 Å². The third-order valence-corrected chi connectivity index (χ3v) is 2.74. The van der Waals surface area contributed by atoms with Gasteiger partial charge in [-0.25, -0.2) is 4.98 Å². The van der Waals surface area contributed by atoms with Crippen LogP contribution in [0.15, 0.2) is 24.4 Å². The summed E-state index contributed by atoms with van der Waals surface area (Å²) < 4.78 is 6.99. The monoisotopic (exact) mass is 246 g/mol. The summed E-state index contributed by atoms with van der Waals surface area (Å²) in [6, 6.07) is 5.99. The summed E-state index contributed by atoms with van der Waals surface area (Å²) in [7, 11) is 3.58. The van der Waals surface area contributed by atoms with Crippen LogP contribution >= 0.6 is 0 Å². The first-order valence-corrected chi connectivity index (χ1v) is 5.88. The number of nitrogens with zero attached hydrogens (tertiary/aromatic N) is 3. The van der Waals surface area contributed by atoms with Crippen LogP contribution in [0, 0.1) is 6.92 Å². The summed E-state index contributed by atoms with van der Waals surface area (Å²) in [5.74, 6) is 0.644. The number of nitrogens with one attached hydrogen (secondary N) is 1. The van der Waals surface area contributed by atoms with Gasteiger partial charge in [-0.05, 0) is 24.6 Å². The molecular weight excluding hydrogens is 228 g/mol. The van der Waals surface area contributed by atoms with Crippen LogP contribution < -0.4 is 10.1 Å². The Kier molecular flexibility index (Phi) is 3.94. The van der Waals surface area contributed by atoms with E-state index >= 15 is 0 Å². The maximum absolute atomic E-state index is 5.09. The minimum absolute atomic E-state index is 0.644. The van der Waals surface area contributed by atoms with E-state index in [1.165, 1.54) is 5.69 Å². The molecule has 2 rings (SSSR count). The lowest BCUT2D eigenvalue weighted by atomic mass is 10.2. The van der Waals surface area contributed by atoms with E-state index in [1.54, 1.807) is 13.3 Å². The normalized spacial score (nSPS) is 10.6. The molecule has 5 nitrogen and oxygen atoms in total. The lowest BCUT2D eigenvalue weighted by molar-refractivity contribution is 0.397. The average Bonchev–Trinajstić information content (AvgIpc) is 2.68. The summed E-state index contributed by atoms with van der Waals surface area (Å²) in [5, 5.41) is 7.69. The lowest BCUT2D eigenvalue weighted by Gasteiger charge is -2.06. The molecule has 0 spiro atoms. The molecule has 0 aliphatic carbocycles. The van der Waals surface area contributed by atoms with Crippen LogP contribution in [-0.2, 0) is 20.1 Å². The van der Waals surface area contributed by atoms with Crippen molar-refractivity contribution in [2.24, 2.45) is 7.05 Å². The minimum atomic E-state index is 0.644. The third-order valence-electron chi connectivity index (χ3n) is 2.74. The number of rotatable bonds is 5. The van der Waals surface area contributed by atoms with Crippen LogP contribution in [0.2, 0.25) is 0 Å². The molecule has 0 saturated heterocycles. The standard InChI is InChI=1S/C13H18N4O/c1-10-6-12(17(2)16-10)9-14-8-11-4-5-15-13(7-11)18-3/h4-7,14H,8-9H2,1-3H3. The van der Waals surface area contributed by atoms with E-state index in [4.69, 9.17) is 4.74 Å². The molecule has 96 valence electrons. The maximum Gasteiger partial charge on any atom is 0.213 e. The van der Waals surface area contributed by atoms with E-state index in [1.807, 2.05) is 30.8 Å². The van der Waals surface area contributed by atoms with Crippen molar-refractivity contribution in [3.05, 3.63) is 41.3 Å². The van der Waals surface area contributed by atoms with Crippen molar-refractivity contribution in [1.82, 2.24) is 20.1 Å². The number of methoxy groups -OCH3 is 1. The van der Waals surface area contributed by atoms with E-state index in [2.05, 4.69) is 21.5 Å². The molecule has 2 heterocycles. The maximum atomic E-state index is 5.09. The molecule has 5 heteroatoms. The molecule has 0 radical (unpaired) electrons. The van der Waals surface area contributed by atoms with Gasteiger partial charge in [0, 0.05) is 32.4 Å². The zero-order chi connectivity index (χ0) is 13.0. The predicted molar refractivity (Wildman–Crippen MR) is 69.3 cm³/mol. The molecule has 0 atom stereocenters. The van der Waals surface area contributed by atoms with Crippen LogP contribution in [-0.4, -0.2) is 21.9 Å². The van der Waals surface area contributed by atoms with Gasteiger partial charge in [-0.15, -0.1) is 0 Å². The van der Waals surface area contributed by atoms with Gasteiger partial charge in [0.05, 0.1) is 18.5 Å². The van der Waals surface area contributed by atoms with Gasteiger partial charge in [0.25, 0.3) is 0 Å². The zero-order valence-corrected chi connectivity index (χ0v) is 11.0. The Morgan fingerprint density at radius 3 is 2.83 bits per heavy atom. The SMILES string of the molecule is COc1cc(CNCc2cc(C)nn2C)ccn1. The Bertz CT molecular complexity index is 521. The van der Waals surface area contributed by atoms with Gasteiger partial charge in [-0.3, -0.25) is 4.68 Å². The van der Waals surface area contributed by atoms with Gasteiger partial charge in [0.1, 0.15) is 0 Å². The molecule has 0 unspecified atom stereocenters. The Morgan fingerprint density at radius 1 is 1.33 bits per heavy atom. The zero-order valence-electron chi connectivity index (χ0n) is 11.0. The highest BCUT2D eigenvalue weighted by atomic mass is 16.5. The summed E-state index contributed by atoms with van der Waals surface area (Å²) in [4.78, 5) is 4.08. The molecule has 0 saturated carbocycles. The van der Waals surface area contributed by atoms with Crippen LogP contribution in [0.25, 0.3) is 0 Å². The fourth-order valence-electron chi connectivity index (χ4n) is 1.84. The first-order chi connectivity index (χ1) is 8.69. The van der Waals surface area contributed by atoms with E-state index < -0.39 is 0 Å². The highest BCUT2D eigenvalue weighted by Gasteiger charge is 2.02. The average molecular weight is 246 g/mol. The summed E-state index contributed by atoms with van der Waals surface area (Å²) >= 11 is 0. The molecular formula is C13H18N4O. The van der Waals surface area contributed by atoms with Crippen LogP contribution in [0.1, 0.15) is 17.0 Å². The van der Waals surface area contributed by atoms with E-state index in [0.29, 0.717) is 5.88 Å². The van der Waals surface area contributed by atoms with Crippen molar-refractivity contribution in [1.29, 1.82) is 0 Å². The van der Waals surface area contributed by atoms with Crippen LogP contribution in [0.4, 0.5) is 0 Å². The predicted octanol–water partition coefficient (Wildman–Crippen LogP) is 1.42. The van der Waals surface area contributed by atoms with Gasteiger partial charge in [0.2, 0.25) is 5.88 Å². The van der Waals surface area contributed by atoms with Crippen molar-refractivity contribution in [3.63, 3.8) is 0 Å². The molecule has 0 bridgehead atoms. The first kappa shape index (κ1) is 12.6. The minimum Gasteiger partial charge on any atom is -0.481 e. The first-order valence-electron chi connectivity index (χ1n) is 5.88. The Hall–Kier alpha value is -1.88. The number of aromatic nitrogens is 3. The van der Waals surface area contributed by atoms with Crippen molar-refractivity contribution >= 4 is 0 Å². The van der Waals surface area contributed by atoms with Gasteiger partial charge in [0.15, 0.2) is 0 Å². The van der Waals surface area contributed by atoms with E-state index in [-0.39, 0.29) is 0 Å². The molecule has 2 aromatic rings. The number of hydrogen-bond acceptors (Lipinski definition) is 4. The highest BCUT2D eigenvalue weighted by molar-refractivity contribution is 5.20. The summed E-state index contributed by atoms with van der Waals surface area (Å²) in [6.45, 7) is 3.57. The molecule has 0 aliphatic rings. The molecule has 1 N–H and O–H groups in total. The number of aryl methyl sites for hydroxylation is 2. The Balaban J connectivity index is 1.90. The van der Waals surface area contributed by atoms with Gasteiger partial charge < -0.3 is 10.1 Å². The lowest BCUT2D eigenvalue weighted by Crippen LogP contribution is -2.15. The van der Waals surface area contributed by atoms with Crippen molar-refractivity contribution < 1.29 is 4.74 Å². The van der Waals surface area contributed by atoms with Gasteiger partial charge in [-0.1, -0.05) is 0 Å². The second-order valence-electron chi connectivity index (χ2n) is 4.21. The molecule has 2 aromatic heterocycles. The fraction of sp³-hybridized carbons (Fsp3) is 0.385. The topological polar surface area (TPSA) is 52.0 Å². The number of hydrogen-bond donors (Lipinski definition) is 1. The van der Waals surface area contributed by atoms with Gasteiger partial charge >= 0.3 is 0 Å². The van der Waals surface area contributed by atoms with Crippen LogP contribution in [0.3, 0.4) is 0 Å². The van der Waals surface area contributed by atoms with E-state index in [9.17, 15) is 0 Å². The van der Waals surface area contributed by atoms with Crippen molar-refractivity contribution in [3.8, 4) is 5.88 Å². The largest absolute Gasteiger partial charge is 0.481 e. The van der Waals surface area contributed by atoms with E-state index in [0.717, 1.165) is 24.3 Å². The second kappa shape index (κ2) is 5.64. The number of ether oxygens (including phenoxy) is 1. The summed E-state index contributed by atoms with van der Waals surface area (Å²) in [5.41, 5.74) is 3.37. The van der Waals surface area contributed by atoms with Gasteiger partial charge in [-0.2, -0.15) is 5.10 Å². The quantitative estimate of drug-likeness (QED) is 0.867.